The maximum Gasteiger partial charge on any atom is 0.155 e. The maximum atomic E-state index is 12.2. The van der Waals surface area contributed by atoms with Crippen LogP contribution in [0.4, 0.5) is 0 Å². The van der Waals surface area contributed by atoms with E-state index in [-0.39, 0.29) is 46.1 Å². The van der Waals surface area contributed by atoms with Gasteiger partial charge in [-0.15, -0.1) is 0 Å². The second-order valence-corrected chi connectivity index (χ2v) is 9.55. The summed E-state index contributed by atoms with van der Waals surface area (Å²) < 4.78 is 0. The Bertz CT molecular complexity index is 652. The van der Waals surface area contributed by atoms with Crippen molar-refractivity contribution in [2.45, 2.75) is 71.5 Å². The molecule has 0 aromatic heterocycles. The summed E-state index contributed by atoms with van der Waals surface area (Å²) in [4.78, 5) is 24.1. The van der Waals surface area contributed by atoms with Crippen LogP contribution in [0.25, 0.3) is 0 Å². The predicted octanol–water partition coefficient (Wildman–Crippen LogP) is 2.67. The topological polar surface area (TPSA) is 74.6 Å². The van der Waals surface area contributed by atoms with Crippen molar-refractivity contribution in [1.29, 1.82) is 0 Å². The van der Waals surface area contributed by atoms with Gasteiger partial charge in [-0.25, -0.2) is 0 Å². The molecular weight excluding hydrogens is 316 g/mol. The lowest BCUT2D eigenvalue weighted by Gasteiger charge is -2.60. The summed E-state index contributed by atoms with van der Waals surface area (Å²) >= 11 is 0. The number of ketones is 2. The lowest BCUT2D eigenvalue weighted by molar-refractivity contribution is -0.151. The average molecular weight is 346 g/mol. The minimum Gasteiger partial charge on any atom is -0.393 e. The maximum absolute atomic E-state index is 12.2. The van der Waals surface area contributed by atoms with Gasteiger partial charge in [0.2, 0.25) is 0 Å². The van der Waals surface area contributed by atoms with Crippen molar-refractivity contribution in [1.82, 2.24) is 0 Å². The van der Waals surface area contributed by atoms with Crippen molar-refractivity contribution in [2.24, 2.45) is 34.5 Å². The molecule has 0 radical (unpaired) electrons. The summed E-state index contributed by atoms with van der Waals surface area (Å²) in [6, 6.07) is 0. The van der Waals surface area contributed by atoms with E-state index in [0.717, 1.165) is 19.3 Å². The fraction of sp³-hybridized carbons (Fsp3) is 0.810. The van der Waals surface area contributed by atoms with Gasteiger partial charge in [0.05, 0.1) is 12.2 Å². The third-order valence-electron chi connectivity index (χ3n) is 8.37. The van der Waals surface area contributed by atoms with Gasteiger partial charge in [-0.3, -0.25) is 9.59 Å². The van der Waals surface area contributed by atoms with Gasteiger partial charge in [0.1, 0.15) is 5.78 Å². The SMILES string of the molecule is CC(=O)[C@H]1CC(O)[C@H]2[C@@H]3CCC4=CC(=O)CC[C@]4(C)[C@H]3C(O)C[C@]12C. The van der Waals surface area contributed by atoms with Crippen molar-refractivity contribution in [2.75, 3.05) is 0 Å². The van der Waals surface area contributed by atoms with Gasteiger partial charge < -0.3 is 10.2 Å². The highest BCUT2D eigenvalue weighted by atomic mass is 16.3. The van der Waals surface area contributed by atoms with E-state index in [1.807, 2.05) is 6.08 Å². The second-order valence-electron chi connectivity index (χ2n) is 9.55. The van der Waals surface area contributed by atoms with Gasteiger partial charge in [0, 0.05) is 12.3 Å². The summed E-state index contributed by atoms with van der Waals surface area (Å²) in [5.41, 5.74) is 0.739. The molecule has 4 heteroatoms. The Morgan fingerprint density at radius 3 is 2.56 bits per heavy atom. The lowest BCUT2D eigenvalue weighted by Crippen LogP contribution is -2.58. The molecular formula is C21H30O4. The molecule has 2 N–H and O–H groups in total. The van der Waals surface area contributed by atoms with Crippen molar-refractivity contribution in [3.63, 3.8) is 0 Å². The Kier molecular flexibility index (Phi) is 3.83. The molecule has 0 aliphatic heterocycles. The summed E-state index contributed by atoms with van der Waals surface area (Å²) in [6.45, 7) is 5.94. The van der Waals surface area contributed by atoms with E-state index < -0.39 is 12.2 Å². The number of rotatable bonds is 1. The standard InChI is InChI=1S/C21H30O4/c1-11(22)15-9-16(24)18-14-5-4-12-8-13(23)6-7-20(12,2)19(14)17(25)10-21(15,18)3/h8,14-19,24-25H,4-7,9-10H2,1-3H3/t14-,15+,16?,17?,18+,19+,20-,21+/m0/s1. The molecule has 0 amide bonds. The molecule has 2 unspecified atom stereocenters. The van der Waals surface area contributed by atoms with Crippen LogP contribution in [0.15, 0.2) is 11.6 Å². The molecule has 0 heterocycles. The minimum atomic E-state index is -0.472. The molecule has 8 atom stereocenters. The molecule has 0 spiro atoms. The number of carbonyl (C=O) groups is 2. The average Bonchev–Trinajstić information content (AvgIpc) is 2.78. The molecule has 0 aromatic carbocycles. The van der Waals surface area contributed by atoms with Crippen molar-refractivity contribution in [3.8, 4) is 0 Å². The van der Waals surface area contributed by atoms with Crippen LogP contribution in [-0.2, 0) is 9.59 Å². The quantitative estimate of drug-likeness (QED) is 0.765. The molecule has 4 nitrogen and oxygen atoms in total. The van der Waals surface area contributed by atoms with E-state index in [4.69, 9.17) is 0 Å². The molecule has 4 aliphatic carbocycles. The van der Waals surface area contributed by atoms with E-state index in [0.29, 0.717) is 19.3 Å². The van der Waals surface area contributed by atoms with Crippen molar-refractivity contribution in [3.05, 3.63) is 11.6 Å². The van der Waals surface area contributed by atoms with Gasteiger partial charge in [-0.05, 0) is 73.7 Å². The predicted molar refractivity (Wildman–Crippen MR) is 93.7 cm³/mol. The van der Waals surface area contributed by atoms with Gasteiger partial charge in [0.25, 0.3) is 0 Å². The van der Waals surface area contributed by atoms with Crippen LogP contribution in [-0.4, -0.2) is 34.0 Å². The van der Waals surface area contributed by atoms with E-state index >= 15 is 0 Å². The first-order valence-corrected chi connectivity index (χ1v) is 9.79. The Morgan fingerprint density at radius 1 is 1.16 bits per heavy atom. The molecule has 3 saturated carbocycles. The Balaban J connectivity index is 1.76. The van der Waals surface area contributed by atoms with Crippen LogP contribution >= 0.6 is 0 Å². The number of allylic oxidation sites excluding steroid dienone is 1. The first kappa shape index (κ1) is 17.4. The molecule has 4 rings (SSSR count). The Labute approximate surface area is 149 Å². The number of Topliss-reactive ketones (excluding diaryl/α,β-unsaturated/α-hetero) is 1. The molecule has 25 heavy (non-hydrogen) atoms. The first-order chi connectivity index (χ1) is 11.7. The zero-order valence-corrected chi connectivity index (χ0v) is 15.5. The number of aliphatic hydroxyl groups is 2. The van der Waals surface area contributed by atoms with E-state index in [9.17, 15) is 19.8 Å². The molecule has 0 aromatic rings. The lowest BCUT2D eigenvalue weighted by atomic mass is 9.45. The third-order valence-corrected chi connectivity index (χ3v) is 8.37. The van der Waals surface area contributed by atoms with Crippen LogP contribution in [0, 0.1) is 34.5 Å². The van der Waals surface area contributed by atoms with Crippen LogP contribution in [0.3, 0.4) is 0 Å². The number of hydrogen-bond donors (Lipinski definition) is 2. The zero-order valence-electron chi connectivity index (χ0n) is 15.5. The van der Waals surface area contributed by atoms with Crippen LogP contribution in [0.5, 0.6) is 0 Å². The van der Waals surface area contributed by atoms with E-state index in [1.165, 1.54) is 5.57 Å². The second kappa shape index (κ2) is 5.50. The number of carbonyl (C=O) groups excluding carboxylic acids is 2. The summed E-state index contributed by atoms with van der Waals surface area (Å²) in [5, 5.41) is 22.0. The molecule has 4 aliphatic rings. The number of aliphatic hydroxyl groups excluding tert-OH is 2. The zero-order chi connectivity index (χ0) is 18.1. The minimum absolute atomic E-state index is 0.0748. The molecule has 0 saturated heterocycles. The highest BCUT2D eigenvalue weighted by Gasteiger charge is 2.65. The van der Waals surface area contributed by atoms with Gasteiger partial charge in [0.15, 0.2) is 5.78 Å². The highest BCUT2D eigenvalue weighted by Crippen LogP contribution is 2.66. The van der Waals surface area contributed by atoms with E-state index in [2.05, 4.69) is 13.8 Å². The summed E-state index contributed by atoms with van der Waals surface area (Å²) in [5.74, 6) is 0.577. The Hall–Kier alpha value is -1.00. The third kappa shape index (κ3) is 2.26. The fourth-order valence-corrected chi connectivity index (χ4v) is 7.39. The first-order valence-electron chi connectivity index (χ1n) is 9.79. The van der Waals surface area contributed by atoms with Crippen molar-refractivity contribution >= 4 is 11.6 Å². The largest absolute Gasteiger partial charge is 0.393 e. The van der Waals surface area contributed by atoms with Crippen LogP contribution in [0.2, 0.25) is 0 Å². The van der Waals surface area contributed by atoms with Gasteiger partial charge in [-0.2, -0.15) is 0 Å². The van der Waals surface area contributed by atoms with Gasteiger partial charge in [-0.1, -0.05) is 19.4 Å². The Morgan fingerprint density at radius 2 is 1.88 bits per heavy atom. The molecule has 138 valence electrons. The van der Waals surface area contributed by atoms with Crippen LogP contribution in [0.1, 0.15) is 59.3 Å². The highest BCUT2D eigenvalue weighted by molar-refractivity contribution is 5.91. The summed E-state index contributed by atoms with van der Waals surface area (Å²) in [6.07, 6.45) is 5.13. The molecule has 0 bridgehead atoms. The summed E-state index contributed by atoms with van der Waals surface area (Å²) in [7, 11) is 0. The van der Waals surface area contributed by atoms with Crippen LogP contribution < -0.4 is 0 Å². The number of hydrogen-bond acceptors (Lipinski definition) is 4. The normalized spacial score (nSPS) is 52.0. The monoisotopic (exact) mass is 346 g/mol. The number of fused-ring (bicyclic) bond motifs is 5. The van der Waals surface area contributed by atoms with Gasteiger partial charge >= 0.3 is 0 Å². The van der Waals surface area contributed by atoms with Crippen molar-refractivity contribution < 1.29 is 19.8 Å². The molecule has 3 fully saturated rings. The smallest absolute Gasteiger partial charge is 0.155 e. The van der Waals surface area contributed by atoms with E-state index in [1.54, 1.807) is 6.92 Å². The fourth-order valence-electron chi connectivity index (χ4n) is 7.39.